The number of aromatic nitrogens is 1. The number of halogens is 1. The van der Waals surface area contributed by atoms with E-state index in [1.807, 2.05) is 56.3 Å². The van der Waals surface area contributed by atoms with E-state index >= 15 is 0 Å². The molecule has 3 aromatic rings. The number of anilines is 2. The van der Waals surface area contributed by atoms with Crippen LogP contribution in [0.2, 0.25) is 5.02 Å². The Labute approximate surface area is 164 Å². The van der Waals surface area contributed by atoms with Crippen LogP contribution in [0.3, 0.4) is 0 Å². The Morgan fingerprint density at radius 3 is 2.63 bits per heavy atom. The fourth-order valence-electron chi connectivity index (χ4n) is 2.71. The number of rotatable bonds is 6. The summed E-state index contributed by atoms with van der Waals surface area (Å²) in [6, 6.07) is 13.5. The van der Waals surface area contributed by atoms with Gasteiger partial charge in [0.25, 0.3) is 0 Å². The molecular formula is C21H22ClN3O2. The van der Waals surface area contributed by atoms with Crippen molar-refractivity contribution in [2.45, 2.75) is 19.8 Å². The van der Waals surface area contributed by atoms with Gasteiger partial charge in [-0.15, -0.1) is 0 Å². The van der Waals surface area contributed by atoms with Gasteiger partial charge in [0.1, 0.15) is 0 Å². The third kappa shape index (κ3) is 4.89. The Morgan fingerprint density at radius 2 is 1.93 bits per heavy atom. The summed E-state index contributed by atoms with van der Waals surface area (Å²) in [6.45, 7) is 2.04. The van der Waals surface area contributed by atoms with Crippen LogP contribution in [-0.4, -0.2) is 25.0 Å². The maximum Gasteiger partial charge on any atom is 0.224 e. The van der Waals surface area contributed by atoms with Gasteiger partial charge in [0.2, 0.25) is 5.91 Å². The highest BCUT2D eigenvalue weighted by atomic mass is 35.5. The van der Waals surface area contributed by atoms with Crippen molar-refractivity contribution in [3.63, 3.8) is 0 Å². The standard InChI is InChI=1S/C21H22ClN3O2/c1-14-4-6-15(7-5-14)19-13-23-21(27-19)11-10-20(26)24-17-12-16(22)8-9-18(17)25(2)3/h4-9,12-13H,10-11H2,1-3H3,(H,24,26). The molecule has 0 spiro atoms. The molecule has 5 nitrogen and oxygen atoms in total. The molecule has 0 saturated carbocycles. The Bertz CT molecular complexity index is 933. The molecule has 0 saturated heterocycles. The van der Waals surface area contributed by atoms with Crippen molar-refractivity contribution in [1.82, 2.24) is 4.98 Å². The minimum absolute atomic E-state index is 0.115. The lowest BCUT2D eigenvalue weighted by Gasteiger charge is -2.18. The Hall–Kier alpha value is -2.79. The smallest absolute Gasteiger partial charge is 0.224 e. The predicted octanol–water partition coefficient (Wildman–Crippen LogP) is 4.94. The molecule has 0 unspecified atom stereocenters. The van der Waals surface area contributed by atoms with E-state index in [4.69, 9.17) is 16.0 Å². The van der Waals surface area contributed by atoms with Crippen LogP contribution in [0.4, 0.5) is 11.4 Å². The van der Waals surface area contributed by atoms with Gasteiger partial charge < -0.3 is 14.6 Å². The Morgan fingerprint density at radius 1 is 1.19 bits per heavy atom. The van der Waals surface area contributed by atoms with Crippen molar-refractivity contribution in [3.8, 4) is 11.3 Å². The molecule has 1 aromatic heterocycles. The summed E-state index contributed by atoms with van der Waals surface area (Å²) in [7, 11) is 3.83. The molecule has 2 aromatic carbocycles. The maximum atomic E-state index is 12.3. The minimum Gasteiger partial charge on any atom is -0.441 e. The van der Waals surface area contributed by atoms with Crippen molar-refractivity contribution in [3.05, 3.63) is 65.1 Å². The molecule has 0 radical (unpaired) electrons. The third-order valence-electron chi connectivity index (χ3n) is 4.17. The van der Waals surface area contributed by atoms with Crippen molar-refractivity contribution in [1.29, 1.82) is 0 Å². The van der Waals surface area contributed by atoms with E-state index in [1.54, 1.807) is 18.3 Å². The lowest BCUT2D eigenvalue weighted by atomic mass is 10.1. The van der Waals surface area contributed by atoms with Gasteiger partial charge in [0.15, 0.2) is 11.7 Å². The summed E-state index contributed by atoms with van der Waals surface area (Å²) in [5.74, 6) is 1.13. The van der Waals surface area contributed by atoms with Crippen molar-refractivity contribution >= 4 is 28.9 Å². The monoisotopic (exact) mass is 383 g/mol. The predicted molar refractivity (Wildman–Crippen MR) is 109 cm³/mol. The number of amides is 1. The summed E-state index contributed by atoms with van der Waals surface area (Å²) in [5, 5.41) is 3.49. The number of hydrogen-bond acceptors (Lipinski definition) is 4. The van der Waals surface area contributed by atoms with Gasteiger partial charge in [-0.2, -0.15) is 0 Å². The number of hydrogen-bond donors (Lipinski definition) is 1. The van der Waals surface area contributed by atoms with Crippen LogP contribution in [-0.2, 0) is 11.2 Å². The fraction of sp³-hybridized carbons (Fsp3) is 0.238. The van der Waals surface area contributed by atoms with Crippen LogP contribution in [0.1, 0.15) is 17.9 Å². The highest BCUT2D eigenvalue weighted by molar-refractivity contribution is 6.31. The maximum absolute atomic E-state index is 12.3. The molecule has 0 bridgehead atoms. The van der Waals surface area contributed by atoms with Crippen molar-refractivity contribution in [2.75, 3.05) is 24.3 Å². The first-order valence-electron chi connectivity index (χ1n) is 8.71. The molecule has 0 atom stereocenters. The summed E-state index contributed by atoms with van der Waals surface area (Å²) >= 11 is 6.05. The van der Waals surface area contributed by atoms with Crippen LogP contribution in [0, 0.1) is 6.92 Å². The number of carbonyl (C=O) groups is 1. The first-order chi connectivity index (χ1) is 12.9. The summed E-state index contributed by atoms with van der Waals surface area (Å²) in [6.07, 6.45) is 2.39. The van der Waals surface area contributed by atoms with E-state index in [-0.39, 0.29) is 12.3 Å². The van der Waals surface area contributed by atoms with E-state index in [2.05, 4.69) is 10.3 Å². The number of benzene rings is 2. The molecule has 0 aliphatic carbocycles. The van der Waals surface area contributed by atoms with Crippen LogP contribution < -0.4 is 10.2 Å². The second-order valence-electron chi connectivity index (χ2n) is 6.59. The zero-order chi connectivity index (χ0) is 19.4. The van der Waals surface area contributed by atoms with Gasteiger partial charge in [-0.3, -0.25) is 4.79 Å². The van der Waals surface area contributed by atoms with Crippen LogP contribution in [0.15, 0.2) is 53.1 Å². The average molecular weight is 384 g/mol. The lowest BCUT2D eigenvalue weighted by molar-refractivity contribution is -0.116. The van der Waals surface area contributed by atoms with Crippen LogP contribution in [0.5, 0.6) is 0 Å². The SMILES string of the molecule is Cc1ccc(-c2cnc(CCC(=O)Nc3cc(Cl)ccc3N(C)C)o2)cc1. The van der Waals surface area contributed by atoms with Gasteiger partial charge in [-0.25, -0.2) is 4.98 Å². The topological polar surface area (TPSA) is 58.4 Å². The molecule has 1 N–H and O–H groups in total. The zero-order valence-corrected chi connectivity index (χ0v) is 16.4. The molecule has 0 aliphatic heterocycles. The molecule has 6 heteroatoms. The first-order valence-corrected chi connectivity index (χ1v) is 9.08. The Kier molecular flexibility index (Phi) is 5.81. The largest absolute Gasteiger partial charge is 0.441 e. The van der Waals surface area contributed by atoms with E-state index in [9.17, 15) is 4.79 Å². The van der Waals surface area contributed by atoms with E-state index in [0.29, 0.717) is 28.8 Å². The van der Waals surface area contributed by atoms with E-state index in [0.717, 1.165) is 11.3 Å². The molecular weight excluding hydrogens is 362 g/mol. The molecule has 0 aliphatic rings. The van der Waals surface area contributed by atoms with Gasteiger partial charge in [0, 0.05) is 37.5 Å². The Balaban J connectivity index is 1.62. The highest BCUT2D eigenvalue weighted by Gasteiger charge is 2.12. The van der Waals surface area contributed by atoms with Crippen LogP contribution >= 0.6 is 11.6 Å². The number of nitrogens with zero attached hydrogens (tertiary/aromatic N) is 2. The molecule has 3 rings (SSSR count). The van der Waals surface area contributed by atoms with Crippen molar-refractivity contribution in [2.24, 2.45) is 0 Å². The second kappa shape index (κ2) is 8.27. The zero-order valence-electron chi connectivity index (χ0n) is 15.6. The van der Waals surface area contributed by atoms with Crippen molar-refractivity contribution < 1.29 is 9.21 Å². The lowest BCUT2D eigenvalue weighted by Crippen LogP contribution is -2.17. The molecule has 0 fully saturated rings. The summed E-state index contributed by atoms with van der Waals surface area (Å²) < 4.78 is 5.77. The third-order valence-corrected chi connectivity index (χ3v) is 4.41. The minimum atomic E-state index is -0.115. The average Bonchev–Trinajstić information content (AvgIpc) is 3.09. The molecule has 1 heterocycles. The van der Waals surface area contributed by atoms with Crippen LogP contribution in [0.25, 0.3) is 11.3 Å². The molecule has 140 valence electrons. The number of oxazole rings is 1. The quantitative estimate of drug-likeness (QED) is 0.654. The number of nitrogens with one attached hydrogen (secondary N) is 1. The second-order valence-corrected chi connectivity index (χ2v) is 7.02. The summed E-state index contributed by atoms with van der Waals surface area (Å²) in [5.41, 5.74) is 3.74. The highest BCUT2D eigenvalue weighted by Crippen LogP contribution is 2.28. The normalized spacial score (nSPS) is 10.7. The summed E-state index contributed by atoms with van der Waals surface area (Å²) in [4.78, 5) is 18.5. The number of carbonyl (C=O) groups excluding carboxylic acids is 1. The molecule has 27 heavy (non-hydrogen) atoms. The van der Waals surface area contributed by atoms with Gasteiger partial charge in [-0.05, 0) is 25.1 Å². The number of aryl methyl sites for hydroxylation is 2. The van der Waals surface area contributed by atoms with E-state index < -0.39 is 0 Å². The molecule has 1 amide bonds. The van der Waals surface area contributed by atoms with Gasteiger partial charge in [0.05, 0.1) is 17.6 Å². The van der Waals surface area contributed by atoms with Gasteiger partial charge in [-0.1, -0.05) is 41.4 Å². The van der Waals surface area contributed by atoms with E-state index in [1.165, 1.54) is 5.56 Å². The fourth-order valence-corrected chi connectivity index (χ4v) is 2.88. The van der Waals surface area contributed by atoms with Gasteiger partial charge >= 0.3 is 0 Å². The first kappa shape index (κ1) is 19.0.